The second-order valence-corrected chi connectivity index (χ2v) is 8.29. The third-order valence-electron chi connectivity index (χ3n) is 5.66. The summed E-state index contributed by atoms with van der Waals surface area (Å²) in [5.41, 5.74) is 3.07. The number of anilines is 1. The van der Waals surface area contributed by atoms with Gasteiger partial charge in [-0.25, -0.2) is 4.98 Å². The Morgan fingerprint density at radius 1 is 0.676 bits per heavy atom. The van der Waals surface area contributed by atoms with E-state index in [-0.39, 0.29) is 5.91 Å². The first kappa shape index (κ1) is 23.9. The van der Waals surface area contributed by atoms with Gasteiger partial charge in [-0.3, -0.25) is 4.79 Å². The minimum absolute atomic E-state index is 0.229. The number of amides is 1. The number of rotatable bonds is 10. The Labute approximate surface area is 215 Å². The van der Waals surface area contributed by atoms with Gasteiger partial charge in [-0.1, -0.05) is 60.7 Å². The number of ether oxygens (including phenoxy) is 3. The van der Waals surface area contributed by atoms with Gasteiger partial charge in [0, 0.05) is 17.0 Å². The second-order valence-electron chi connectivity index (χ2n) is 8.29. The van der Waals surface area contributed by atoms with Gasteiger partial charge < -0.3 is 19.5 Å². The molecule has 1 N–H and O–H groups in total. The van der Waals surface area contributed by atoms with Crippen LogP contribution in [0.5, 0.6) is 17.4 Å². The summed E-state index contributed by atoms with van der Waals surface area (Å²) in [5.74, 6) is 1.59. The molecule has 0 atom stereocenters. The Morgan fingerprint density at radius 2 is 1.41 bits per heavy atom. The lowest BCUT2D eigenvalue weighted by Gasteiger charge is -2.13. The second kappa shape index (κ2) is 11.7. The maximum atomic E-state index is 12.8. The minimum atomic E-state index is -0.229. The highest BCUT2D eigenvalue weighted by atomic mass is 16.5. The first-order chi connectivity index (χ1) is 18.2. The van der Waals surface area contributed by atoms with E-state index in [1.54, 1.807) is 24.3 Å². The predicted octanol–water partition coefficient (Wildman–Crippen LogP) is 6.52. The summed E-state index contributed by atoms with van der Waals surface area (Å²) in [5, 5.41) is 4.00. The van der Waals surface area contributed by atoms with E-state index in [1.807, 2.05) is 91.0 Å². The topological polar surface area (TPSA) is 69.7 Å². The maximum absolute atomic E-state index is 12.8. The fourth-order valence-electron chi connectivity index (χ4n) is 3.76. The Morgan fingerprint density at radius 3 is 2.27 bits per heavy atom. The summed E-state index contributed by atoms with van der Waals surface area (Å²) < 4.78 is 17.4. The first-order valence-corrected chi connectivity index (χ1v) is 12.0. The Balaban J connectivity index is 1.11. The summed E-state index contributed by atoms with van der Waals surface area (Å²) in [6.45, 7) is 1.12. The molecule has 0 spiro atoms. The van der Waals surface area contributed by atoms with Crippen molar-refractivity contribution in [2.24, 2.45) is 0 Å². The van der Waals surface area contributed by atoms with Gasteiger partial charge >= 0.3 is 0 Å². The molecule has 0 aliphatic heterocycles. The zero-order valence-corrected chi connectivity index (χ0v) is 20.2. The smallest absolute Gasteiger partial charge is 0.255 e. The van der Waals surface area contributed by atoms with Crippen molar-refractivity contribution >= 4 is 22.5 Å². The highest BCUT2D eigenvalue weighted by Gasteiger charge is 2.10. The van der Waals surface area contributed by atoms with E-state index in [0.717, 1.165) is 16.5 Å². The van der Waals surface area contributed by atoms with Gasteiger partial charge in [0.2, 0.25) is 5.88 Å². The van der Waals surface area contributed by atoms with Crippen LogP contribution >= 0.6 is 0 Å². The van der Waals surface area contributed by atoms with E-state index in [9.17, 15) is 4.79 Å². The molecular weight excluding hydrogens is 464 g/mol. The minimum Gasteiger partial charge on any atom is -0.490 e. The number of pyridine rings is 1. The molecule has 37 heavy (non-hydrogen) atoms. The van der Waals surface area contributed by atoms with Crippen molar-refractivity contribution in [3.8, 4) is 17.4 Å². The lowest BCUT2D eigenvalue weighted by Crippen LogP contribution is -2.13. The van der Waals surface area contributed by atoms with E-state index in [0.29, 0.717) is 48.5 Å². The van der Waals surface area contributed by atoms with Gasteiger partial charge in [0.25, 0.3) is 5.91 Å². The van der Waals surface area contributed by atoms with Crippen LogP contribution < -0.4 is 19.5 Å². The molecule has 6 nitrogen and oxygen atoms in total. The van der Waals surface area contributed by atoms with Crippen LogP contribution in [0.2, 0.25) is 0 Å². The van der Waals surface area contributed by atoms with Crippen molar-refractivity contribution in [3.63, 3.8) is 0 Å². The molecule has 0 saturated carbocycles. The van der Waals surface area contributed by atoms with Crippen LogP contribution in [0.15, 0.2) is 115 Å². The van der Waals surface area contributed by atoms with Gasteiger partial charge in [0.05, 0.1) is 11.2 Å². The number of fused-ring (bicyclic) bond motifs is 1. The van der Waals surface area contributed by atoms with Crippen LogP contribution in [0.4, 0.5) is 5.69 Å². The number of para-hydroxylation sites is 3. The van der Waals surface area contributed by atoms with Crippen molar-refractivity contribution in [1.29, 1.82) is 0 Å². The van der Waals surface area contributed by atoms with E-state index in [4.69, 9.17) is 14.2 Å². The van der Waals surface area contributed by atoms with Gasteiger partial charge in [-0.2, -0.15) is 0 Å². The lowest BCUT2D eigenvalue weighted by molar-refractivity contribution is 0.102. The molecule has 5 rings (SSSR count). The molecule has 6 heteroatoms. The van der Waals surface area contributed by atoms with Crippen LogP contribution in [-0.2, 0) is 6.61 Å². The summed E-state index contributed by atoms with van der Waals surface area (Å²) in [7, 11) is 0. The van der Waals surface area contributed by atoms with Crippen LogP contribution in [-0.4, -0.2) is 24.1 Å². The molecule has 1 heterocycles. The molecule has 0 fully saturated rings. The average molecular weight is 491 g/mol. The predicted molar refractivity (Wildman–Crippen MR) is 144 cm³/mol. The van der Waals surface area contributed by atoms with Crippen molar-refractivity contribution in [2.45, 2.75) is 6.61 Å². The van der Waals surface area contributed by atoms with E-state index < -0.39 is 0 Å². The quantitative estimate of drug-likeness (QED) is 0.226. The number of carbonyl (C=O) groups is 1. The van der Waals surface area contributed by atoms with Crippen molar-refractivity contribution in [3.05, 3.63) is 126 Å². The van der Waals surface area contributed by atoms with Crippen LogP contribution in [0.3, 0.4) is 0 Å². The number of benzene rings is 4. The van der Waals surface area contributed by atoms with E-state index in [2.05, 4.69) is 10.3 Å². The zero-order valence-electron chi connectivity index (χ0n) is 20.2. The van der Waals surface area contributed by atoms with E-state index in [1.165, 1.54) is 0 Å². The monoisotopic (exact) mass is 490 g/mol. The fraction of sp³-hybridized carbons (Fsp3) is 0.0968. The number of nitrogens with one attached hydrogen (secondary N) is 1. The Hall–Kier alpha value is -4.84. The molecule has 0 bridgehead atoms. The van der Waals surface area contributed by atoms with Crippen LogP contribution in [0, 0.1) is 0 Å². The number of carbonyl (C=O) groups excluding carboxylic acids is 1. The molecule has 0 unspecified atom stereocenters. The molecule has 5 aromatic rings. The number of hydrogen-bond acceptors (Lipinski definition) is 5. The van der Waals surface area contributed by atoms with Gasteiger partial charge in [-0.15, -0.1) is 0 Å². The highest BCUT2D eigenvalue weighted by Crippen LogP contribution is 2.26. The average Bonchev–Trinajstić information content (AvgIpc) is 2.95. The van der Waals surface area contributed by atoms with Crippen molar-refractivity contribution in [1.82, 2.24) is 4.98 Å². The SMILES string of the molecule is O=C(Nc1ccccc1OCc1ccccc1)c1ccc(OCCOc2ccc3ccccc3n2)cc1. The molecule has 0 saturated heterocycles. The normalized spacial score (nSPS) is 10.6. The molecule has 0 aliphatic rings. The Bertz CT molecular complexity index is 1470. The zero-order chi connectivity index (χ0) is 25.3. The molecule has 4 aromatic carbocycles. The molecule has 1 amide bonds. The Kier molecular flexibility index (Phi) is 7.57. The van der Waals surface area contributed by atoms with Gasteiger partial charge in [0.15, 0.2) is 0 Å². The summed E-state index contributed by atoms with van der Waals surface area (Å²) in [6, 6.07) is 36.0. The molecule has 184 valence electrons. The van der Waals surface area contributed by atoms with Crippen molar-refractivity contribution in [2.75, 3.05) is 18.5 Å². The van der Waals surface area contributed by atoms with Gasteiger partial charge in [-0.05, 0) is 54.1 Å². The summed E-state index contributed by atoms with van der Waals surface area (Å²) in [4.78, 5) is 17.3. The number of aromatic nitrogens is 1. The van der Waals surface area contributed by atoms with Crippen LogP contribution in [0.1, 0.15) is 15.9 Å². The van der Waals surface area contributed by atoms with Gasteiger partial charge in [0.1, 0.15) is 31.3 Å². The largest absolute Gasteiger partial charge is 0.490 e. The lowest BCUT2D eigenvalue weighted by atomic mass is 10.2. The molecular formula is C31H26N2O4. The molecule has 0 aliphatic carbocycles. The van der Waals surface area contributed by atoms with Crippen molar-refractivity contribution < 1.29 is 19.0 Å². The van der Waals surface area contributed by atoms with E-state index >= 15 is 0 Å². The fourth-order valence-corrected chi connectivity index (χ4v) is 3.76. The molecule has 1 aromatic heterocycles. The summed E-state index contributed by atoms with van der Waals surface area (Å²) in [6.07, 6.45) is 0. The number of hydrogen-bond donors (Lipinski definition) is 1. The summed E-state index contributed by atoms with van der Waals surface area (Å²) >= 11 is 0. The maximum Gasteiger partial charge on any atom is 0.255 e. The third kappa shape index (κ3) is 6.44. The highest BCUT2D eigenvalue weighted by molar-refractivity contribution is 6.05. The standard InChI is InChI=1S/C31H26N2O4/c34-31(33-28-12-6-7-13-29(28)37-22-23-8-2-1-3-9-23)25-14-17-26(18-15-25)35-20-21-36-30-19-16-24-10-4-5-11-27(24)32-30/h1-19H,20-22H2,(H,33,34). The first-order valence-electron chi connectivity index (χ1n) is 12.0. The van der Waals surface area contributed by atoms with Crippen LogP contribution in [0.25, 0.3) is 10.9 Å². The molecule has 0 radical (unpaired) electrons. The third-order valence-corrected chi connectivity index (χ3v) is 5.66. The number of nitrogens with zero attached hydrogens (tertiary/aromatic N) is 1.